The minimum Gasteiger partial charge on any atom is -0.365 e. The van der Waals surface area contributed by atoms with E-state index < -0.39 is 0 Å². The van der Waals surface area contributed by atoms with E-state index in [9.17, 15) is 0 Å². The highest BCUT2D eigenvalue weighted by Gasteiger charge is 2.04. The maximum absolute atomic E-state index is 4.47. The fourth-order valence-electron chi connectivity index (χ4n) is 2.83. The highest BCUT2D eigenvalue weighted by atomic mass is 15.3. The minimum absolute atomic E-state index is 0.584. The second-order valence-electron chi connectivity index (χ2n) is 6.29. The molecule has 0 atom stereocenters. The van der Waals surface area contributed by atoms with Gasteiger partial charge in [-0.1, -0.05) is 41.5 Å². The van der Waals surface area contributed by atoms with Crippen LogP contribution in [-0.2, 0) is 6.54 Å². The Kier molecular flexibility index (Phi) is 5.77. The molecule has 0 spiro atoms. The van der Waals surface area contributed by atoms with Crippen LogP contribution in [0.4, 0.5) is 11.8 Å². The number of allylic oxidation sites excluding steroid dienone is 1. The molecule has 0 saturated carbocycles. The molecule has 2 N–H and O–H groups in total. The van der Waals surface area contributed by atoms with Crippen molar-refractivity contribution in [1.29, 1.82) is 0 Å². The van der Waals surface area contributed by atoms with Crippen LogP contribution in [-0.4, -0.2) is 21.7 Å². The van der Waals surface area contributed by atoms with Crippen LogP contribution in [0.3, 0.4) is 0 Å². The lowest BCUT2D eigenvalue weighted by atomic mass is 9.97. The van der Waals surface area contributed by atoms with Crippen molar-refractivity contribution < 1.29 is 0 Å². The van der Waals surface area contributed by atoms with E-state index in [1.165, 1.54) is 36.8 Å². The Morgan fingerprint density at radius 1 is 1.08 bits per heavy atom. The van der Waals surface area contributed by atoms with Gasteiger partial charge in [-0.05, 0) is 44.6 Å². The molecule has 3 rings (SSSR count). The number of anilines is 2. The number of nitrogens with one attached hydrogen (secondary N) is 2. The summed E-state index contributed by atoms with van der Waals surface area (Å²) in [6.45, 7) is 3.67. The summed E-state index contributed by atoms with van der Waals surface area (Å²) in [4.78, 5) is 4.47. The molecule has 0 radical (unpaired) electrons. The zero-order valence-electron chi connectivity index (χ0n) is 14.3. The average Bonchev–Trinajstić information content (AvgIpc) is 2.63. The SMILES string of the molecule is Cc1ccc(CNc2cnnc(NCCC3=CCCCC3)n2)cc1. The summed E-state index contributed by atoms with van der Waals surface area (Å²) in [6, 6.07) is 8.46. The van der Waals surface area contributed by atoms with E-state index in [1.54, 1.807) is 11.8 Å². The van der Waals surface area contributed by atoms with Crippen molar-refractivity contribution in [3.8, 4) is 0 Å². The molecule has 5 nitrogen and oxygen atoms in total. The fraction of sp³-hybridized carbons (Fsp3) is 0.421. The van der Waals surface area contributed by atoms with E-state index in [0.29, 0.717) is 5.95 Å². The lowest BCUT2D eigenvalue weighted by Gasteiger charge is -2.13. The third kappa shape index (κ3) is 5.05. The molecule has 1 aromatic heterocycles. The number of hydrogen-bond donors (Lipinski definition) is 2. The normalized spacial score (nSPS) is 14.1. The van der Waals surface area contributed by atoms with Crippen molar-refractivity contribution in [2.75, 3.05) is 17.2 Å². The Balaban J connectivity index is 1.48. The van der Waals surface area contributed by atoms with Crippen molar-refractivity contribution in [1.82, 2.24) is 15.2 Å². The molecule has 1 aliphatic rings. The number of nitrogens with zero attached hydrogens (tertiary/aromatic N) is 3. The highest BCUT2D eigenvalue weighted by molar-refractivity contribution is 5.38. The van der Waals surface area contributed by atoms with E-state index in [0.717, 1.165) is 25.3 Å². The Hall–Kier alpha value is -2.43. The number of aryl methyl sites for hydroxylation is 1. The van der Waals surface area contributed by atoms with Crippen LogP contribution in [0.1, 0.15) is 43.2 Å². The van der Waals surface area contributed by atoms with Gasteiger partial charge in [0.2, 0.25) is 5.95 Å². The Bertz CT molecular complexity index is 678. The van der Waals surface area contributed by atoms with Crippen LogP contribution in [0, 0.1) is 6.92 Å². The highest BCUT2D eigenvalue weighted by Crippen LogP contribution is 2.19. The van der Waals surface area contributed by atoms with Gasteiger partial charge in [-0.2, -0.15) is 10.1 Å². The molecule has 0 fully saturated rings. The first-order valence-electron chi connectivity index (χ1n) is 8.70. The molecular weight excluding hydrogens is 298 g/mol. The average molecular weight is 323 g/mol. The summed E-state index contributed by atoms with van der Waals surface area (Å²) in [5, 5.41) is 14.6. The quantitative estimate of drug-likeness (QED) is 0.751. The third-order valence-corrected chi connectivity index (χ3v) is 4.27. The van der Waals surface area contributed by atoms with Crippen LogP contribution in [0.5, 0.6) is 0 Å². The third-order valence-electron chi connectivity index (χ3n) is 4.27. The standard InChI is InChI=1S/C19H25N5/c1-15-7-9-17(10-8-15)13-21-18-14-22-24-19(23-18)20-12-11-16-5-3-2-4-6-16/h5,7-10,14H,2-4,6,11-13H2,1H3,(H2,20,21,23,24). The van der Waals surface area contributed by atoms with Crippen LogP contribution in [0.25, 0.3) is 0 Å². The van der Waals surface area contributed by atoms with Gasteiger partial charge in [0.25, 0.3) is 0 Å². The van der Waals surface area contributed by atoms with Gasteiger partial charge >= 0.3 is 0 Å². The van der Waals surface area contributed by atoms with E-state index in [4.69, 9.17) is 0 Å². The molecule has 0 bridgehead atoms. The topological polar surface area (TPSA) is 62.7 Å². The zero-order chi connectivity index (χ0) is 16.6. The summed E-state index contributed by atoms with van der Waals surface area (Å²) < 4.78 is 0. The molecule has 126 valence electrons. The molecule has 2 aromatic rings. The summed E-state index contributed by atoms with van der Waals surface area (Å²) in [7, 11) is 0. The maximum atomic E-state index is 4.47. The fourth-order valence-corrected chi connectivity index (χ4v) is 2.83. The summed E-state index contributed by atoms with van der Waals surface area (Å²) in [5.74, 6) is 1.32. The summed E-state index contributed by atoms with van der Waals surface area (Å²) in [6.07, 6.45) is 10.2. The number of rotatable bonds is 7. The van der Waals surface area contributed by atoms with Crippen LogP contribution in [0.15, 0.2) is 42.1 Å². The molecule has 0 aliphatic heterocycles. The van der Waals surface area contributed by atoms with Crippen molar-refractivity contribution >= 4 is 11.8 Å². The van der Waals surface area contributed by atoms with E-state index in [2.05, 4.69) is 63.1 Å². The Morgan fingerprint density at radius 2 is 1.96 bits per heavy atom. The molecule has 5 heteroatoms. The molecule has 1 aromatic carbocycles. The first-order chi connectivity index (χ1) is 11.8. The number of hydrogen-bond acceptors (Lipinski definition) is 5. The molecule has 24 heavy (non-hydrogen) atoms. The Labute approximate surface area is 143 Å². The van der Waals surface area contributed by atoms with Crippen LogP contribution in [0.2, 0.25) is 0 Å². The number of aromatic nitrogens is 3. The van der Waals surface area contributed by atoms with Crippen molar-refractivity contribution in [2.24, 2.45) is 0 Å². The lowest BCUT2D eigenvalue weighted by molar-refractivity contribution is 0.678. The van der Waals surface area contributed by atoms with Crippen LogP contribution < -0.4 is 10.6 Å². The maximum Gasteiger partial charge on any atom is 0.244 e. The summed E-state index contributed by atoms with van der Waals surface area (Å²) >= 11 is 0. The van der Waals surface area contributed by atoms with Gasteiger partial charge in [-0.15, -0.1) is 5.10 Å². The second kappa shape index (κ2) is 8.43. The number of benzene rings is 1. The molecule has 1 heterocycles. The predicted octanol–water partition coefficient (Wildman–Crippen LogP) is 4.09. The van der Waals surface area contributed by atoms with Gasteiger partial charge in [-0.25, -0.2) is 0 Å². The minimum atomic E-state index is 0.584. The van der Waals surface area contributed by atoms with Gasteiger partial charge < -0.3 is 10.6 Å². The second-order valence-corrected chi connectivity index (χ2v) is 6.29. The van der Waals surface area contributed by atoms with Crippen molar-refractivity contribution in [2.45, 2.75) is 45.6 Å². The van der Waals surface area contributed by atoms with Gasteiger partial charge in [0.1, 0.15) is 0 Å². The lowest BCUT2D eigenvalue weighted by Crippen LogP contribution is -2.10. The Morgan fingerprint density at radius 3 is 2.75 bits per heavy atom. The predicted molar refractivity (Wildman–Crippen MR) is 98.0 cm³/mol. The first kappa shape index (κ1) is 16.4. The smallest absolute Gasteiger partial charge is 0.244 e. The van der Waals surface area contributed by atoms with Gasteiger partial charge in [0.05, 0.1) is 6.20 Å². The molecule has 0 unspecified atom stereocenters. The largest absolute Gasteiger partial charge is 0.365 e. The van der Waals surface area contributed by atoms with E-state index in [-0.39, 0.29) is 0 Å². The van der Waals surface area contributed by atoms with Gasteiger partial charge in [0, 0.05) is 13.1 Å². The molecule has 0 amide bonds. The van der Waals surface area contributed by atoms with Gasteiger partial charge in [0.15, 0.2) is 5.82 Å². The van der Waals surface area contributed by atoms with Gasteiger partial charge in [-0.3, -0.25) is 0 Å². The molecule has 0 saturated heterocycles. The van der Waals surface area contributed by atoms with Crippen molar-refractivity contribution in [3.63, 3.8) is 0 Å². The zero-order valence-corrected chi connectivity index (χ0v) is 14.3. The van der Waals surface area contributed by atoms with Crippen LogP contribution >= 0.6 is 0 Å². The van der Waals surface area contributed by atoms with E-state index >= 15 is 0 Å². The van der Waals surface area contributed by atoms with Crippen molar-refractivity contribution in [3.05, 3.63) is 53.2 Å². The first-order valence-corrected chi connectivity index (χ1v) is 8.70. The monoisotopic (exact) mass is 323 g/mol. The summed E-state index contributed by atoms with van der Waals surface area (Å²) in [5.41, 5.74) is 4.04. The van der Waals surface area contributed by atoms with E-state index in [1.807, 2.05) is 0 Å². The molecular formula is C19H25N5. The molecule has 1 aliphatic carbocycles.